The third-order valence-electron chi connectivity index (χ3n) is 3.92. The highest BCUT2D eigenvalue weighted by Crippen LogP contribution is 2.35. The molecule has 2 aromatic rings. The topological polar surface area (TPSA) is 65.4 Å². The van der Waals surface area contributed by atoms with Gasteiger partial charge in [-0.25, -0.2) is 4.68 Å². The molecule has 1 fully saturated rings. The number of aromatic nitrogens is 2. The van der Waals surface area contributed by atoms with E-state index in [0.29, 0.717) is 28.8 Å². The molecule has 25 heavy (non-hydrogen) atoms. The van der Waals surface area contributed by atoms with Crippen LogP contribution in [0.1, 0.15) is 25.5 Å². The third kappa shape index (κ3) is 3.80. The highest BCUT2D eigenvalue weighted by Gasteiger charge is 2.30. The first-order valence-corrected chi connectivity index (χ1v) is 8.10. The van der Waals surface area contributed by atoms with Crippen LogP contribution in [-0.2, 0) is 4.74 Å². The SMILES string of the molecule is NC(=CC=Nc1ccc2c(cnn2C2CCCCO2)c1Cl)C(F)(F)F. The van der Waals surface area contributed by atoms with Gasteiger partial charge in [-0.2, -0.15) is 18.3 Å². The molecule has 1 atom stereocenters. The molecular weight excluding hydrogens is 357 g/mol. The quantitative estimate of drug-likeness (QED) is 0.807. The number of halogens is 4. The highest BCUT2D eigenvalue weighted by atomic mass is 35.5. The van der Waals surface area contributed by atoms with Gasteiger partial charge in [-0.05, 0) is 37.5 Å². The Hall–Kier alpha value is -2.06. The molecule has 3 rings (SSSR count). The standard InChI is InChI=1S/C16H16ClF3N4O/c17-15-10-9-23-24(14-3-1-2-8-25-14)12(10)5-4-11(15)22-7-6-13(21)16(18,19)20/h4-7,9,14H,1-3,8,21H2. The van der Waals surface area contributed by atoms with Gasteiger partial charge in [-0.3, -0.25) is 4.99 Å². The van der Waals surface area contributed by atoms with Crippen molar-refractivity contribution in [2.24, 2.45) is 10.7 Å². The molecule has 1 aliphatic rings. The molecule has 0 spiro atoms. The van der Waals surface area contributed by atoms with Gasteiger partial charge >= 0.3 is 6.18 Å². The largest absolute Gasteiger partial charge is 0.430 e. The van der Waals surface area contributed by atoms with Crippen LogP contribution >= 0.6 is 11.6 Å². The van der Waals surface area contributed by atoms with Crippen molar-refractivity contribution >= 4 is 34.4 Å². The minimum Gasteiger partial charge on any atom is -0.395 e. The van der Waals surface area contributed by atoms with Crippen molar-refractivity contribution in [2.75, 3.05) is 6.61 Å². The van der Waals surface area contributed by atoms with Crippen LogP contribution in [0, 0.1) is 0 Å². The molecular formula is C16H16ClF3N4O. The summed E-state index contributed by atoms with van der Waals surface area (Å²) in [4.78, 5) is 3.95. The molecule has 1 aromatic carbocycles. The minimum absolute atomic E-state index is 0.133. The average Bonchev–Trinajstić information content (AvgIpc) is 3.01. The number of fused-ring (bicyclic) bond motifs is 1. The predicted octanol–water partition coefficient (Wildman–Crippen LogP) is 4.50. The maximum Gasteiger partial charge on any atom is 0.430 e. The predicted molar refractivity (Wildman–Crippen MR) is 90.1 cm³/mol. The molecule has 134 valence electrons. The number of allylic oxidation sites excluding steroid dienone is 2. The van der Waals surface area contributed by atoms with Crippen molar-refractivity contribution in [3.63, 3.8) is 0 Å². The zero-order valence-electron chi connectivity index (χ0n) is 13.1. The van der Waals surface area contributed by atoms with Gasteiger partial charge in [0.15, 0.2) is 6.23 Å². The van der Waals surface area contributed by atoms with Crippen molar-refractivity contribution in [1.29, 1.82) is 0 Å². The molecule has 2 N–H and O–H groups in total. The van der Waals surface area contributed by atoms with Gasteiger partial charge in [-0.1, -0.05) is 11.6 Å². The van der Waals surface area contributed by atoms with Gasteiger partial charge in [0.1, 0.15) is 5.70 Å². The van der Waals surface area contributed by atoms with Crippen LogP contribution in [0.3, 0.4) is 0 Å². The van der Waals surface area contributed by atoms with E-state index in [0.717, 1.165) is 31.0 Å². The van der Waals surface area contributed by atoms with E-state index in [2.05, 4.69) is 10.1 Å². The first-order chi connectivity index (χ1) is 11.9. The Morgan fingerprint density at radius 1 is 1.40 bits per heavy atom. The van der Waals surface area contributed by atoms with Crippen LogP contribution in [0.15, 0.2) is 35.1 Å². The second kappa shape index (κ2) is 7.05. The number of rotatable bonds is 3. The van der Waals surface area contributed by atoms with E-state index in [1.54, 1.807) is 23.0 Å². The van der Waals surface area contributed by atoms with Crippen molar-refractivity contribution in [3.8, 4) is 0 Å². The number of ether oxygens (including phenoxy) is 1. The van der Waals surface area contributed by atoms with Crippen molar-refractivity contribution in [1.82, 2.24) is 9.78 Å². The highest BCUT2D eigenvalue weighted by molar-refractivity contribution is 6.37. The summed E-state index contributed by atoms with van der Waals surface area (Å²) >= 11 is 6.32. The second-order valence-corrected chi connectivity index (χ2v) is 6.02. The molecule has 1 saturated heterocycles. The van der Waals surface area contributed by atoms with Gasteiger partial charge < -0.3 is 10.5 Å². The second-order valence-electron chi connectivity index (χ2n) is 5.64. The van der Waals surface area contributed by atoms with E-state index < -0.39 is 11.9 Å². The summed E-state index contributed by atoms with van der Waals surface area (Å²) in [5.41, 5.74) is 4.82. The van der Waals surface area contributed by atoms with Gasteiger partial charge in [0.2, 0.25) is 0 Å². The normalized spacial score (nSPS) is 19.8. The number of benzene rings is 1. The van der Waals surface area contributed by atoms with E-state index in [-0.39, 0.29) is 6.23 Å². The van der Waals surface area contributed by atoms with Crippen LogP contribution in [-0.4, -0.2) is 28.8 Å². The number of hydrogen-bond acceptors (Lipinski definition) is 4. The van der Waals surface area contributed by atoms with Crippen molar-refractivity contribution in [3.05, 3.63) is 35.1 Å². The molecule has 5 nitrogen and oxygen atoms in total. The smallest absolute Gasteiger partial charge is 0.395 e. The third-order valence-corrected chi connectivity index (χ3v) is 4.32. The molecule has 2 heterocycles. The summed E-state index contributed by atoms with van der Waals surface area (Å²) < 4.78 is 44.5. The minimum atomic E-state index is -4.58. The Bertz CT molecular complexity index is 823. The van der Waals surface area contributed by atoms with Crippen LogP contribution in [0.4, 0.5) is 18.9 Å². The first-order valence-electron chi connectivity index (χ1n) is 7.72. The summed E-state index contributed by atoms with van der Waals surface area (Å²) in [5, 5.41) is 5.32. The lowest BCUT2D eigenvalue weighted by Crippen LogP contribution is -2.19. The molecule has 1 aliphatic heterocycles. The van der Waals surface area contributed by atoms with Gasteiger partial charge in [0.05, 0.1) is 22.4 Å². The van der Waals surface area contributed by atoms with E-state index in [1.165, 1.54) is 0 Å². The fourth-order valence-electron chi connectivity index (χ4n) is 2.61. The molecule has 0 saturated carbocycles. The van der Waals surface area contributed by atoms with Crippen LogP contribution < -0.4 is 5.73 Å². The summed E-state index contributed by atoms with van der Waals surface area (Å²) in [6.07, 6.45) is 1.53. The lowest BCUT2D eigenvalue weighted by atomic mass is 10.2. The molecule has 1 unspecified atom stereocenters. The van der Waals surface area contributed by atoms with Gasteiger partial charge in [0, 0.05) is 18.2 Å². The summed E-state index contributed by atoms with van der Waals surface area (Å²) in [7, 11) is 0. The monoisotopic (exact) mass is 372 g/mol. The lowest BCUT2D eigenvalue weighted by molar-refractivity contribution is -0.0925. The van der Waals surface area contributed by atoms with Crippen molar-refractivity contribution < 1.29 is 17.9 Å². The van der Waals surface area contributed by atoms with Gasteiger partial charge in [0.25, 0.3) is 0 Å². The maximum absolute atomic E-state index is 12.3. The van der Waals surface area contributed by atoms with Crippen molar-refractivity contribution in [2.45, 2.75) is 31.7 Å². The van der Waals surface area contributed by atoms with Crippen LogP contribution in [0.25, 0.3) is 10.9 Å². The van der Waals surface area contributed by atoms with E-state index in [1.807, 2.05) is 0 Å². The van der Waals surface area contributed by atoms with E-state index >= 15 is 0 Å². The first kappa shape index (κ1) is 17.8. The van der Waals surface area contributed by atoms with Crippen LogP contribution in [0.2, 0.25) is 5.02 Å². The Kier molecular flexibility index (Phi) is 5.01. The fraction of sp³-hybridized carbons (Fsp3) is 0.375. The molecule has 0 bridgehead atoms. The molecule has 1 aromatic heterocycles. The van der Waals surface area contributed by atoms with E-state index in [9.17, 15) is 13.2 Å². The summed E-state index contributed by atoms with van der Waals surface area (Å²) in [6.45, 7) is 0.690. The number of alkyl halides is 3. The Morgan fingerprint density at radius 2 is 2.20 bits per heavy atom. The molecule has 0 aliphatic carbocycles. The molecule has 0 radical (unpaired) electrons. The van der Waals surface area contributed by atoms with Crippen LogP contribution in [0.5, 0.6) is 0 Å². The Morgan fingerprint density at radius 3 is 2.88 bits per heavy atom. The van der Waals surface area contributed by atoms with E-state index in [4.69, 9.17) is 22.1 Å². The lowest BCUT2D eigenvalue weighted by Gasteiger charge is -2.23. The number of nitrogens with zero attached hydrogens (tertiary/aromatic N) is 3. The summed E-state index contributed by atoms with van der Waals surface area (Å²) in [6, 6.07) is 3.40. The average molecular weight is 373 g/mol. The zero-order valence-corrected chi connectivity index (χ0v) is 13.9. The maximum atomic E-state index is 12.3. The van der Waals surface area contributed by atoms with Gasteiger partial charge in [-0.15, -0.1) is 0 Å². The molecule has 9 heteroatoms. The summed E-state index contributed by atoms with van der Waals surface area (Å²) in [5.74, 6) is 0. The Balaban J connectivity index is 1.88. The molecule has 0 amide bonds. The zero-order chi connectivity index (χ0) is 18.0. The number of aliphatic imine (C=N–C) groups is 1. The number of hydrogen-bond donors (Lipinski definition) is 1. The Labute approximate surface area is 146 Å². The fourth-order valence-corrected chi connectivity index (χ4v) is 2.87. The number of nitrogens with two attached hydrogens (primary N) is 1.